The number of fused-ring (bicyclic) bond motifs is 1. The molecule has 0 saturated carbocycles. The minimum Gasteiger partial charge on any atom is -0.454 e. The summed E-state index contributed by atoms with van der Waals surface area (Å²) in [6.07, 6.45) is 1.75. The Kier molecular flexibility index (Phi) is 8.45. The van der Waals surface area contributed by atoms with Crippen LogP contribution < -0.4 is 20.9 Å². The summed E-state index contributed by atoms with van der Waals surface area (Å²) in [5.74, 6) is -2.04. The van der Waals surface area contributed by atoms with Crippen LogP contribution >= 0.6 is 0 Å². The molecule has 4 rings (SSSR count). The fraction of sp³-hybridized carbons (Fsp3) is 0.154. The van der Waals surface area contributed by atoms with Crippen molar-refractivity contribution >= 4 is 34.9 Å². The van der Waals surface area contributed by atoms with Crippen LogP contribution in [0.15, 0.2) is 59.4 Å². The number of amides is 2. The van der Waals surface area contributed by atoms with E-state index in [0.717, 1.165) is 12.1 Å². The first-order chi connectivity index (χ1) is 17.2. The number of rotatable bonds is 6. The van der Waals surface area contributed by atoms with Crippen LogP contribution in [0, 0.1) is 11.6 Å². The number of H-pyrrole nitrogens is 1. The van der Waals surface area contributed by atoms with Crippen LogP contribution in [0.4, 0.5) is 20.4 Å². The third-order valence-electron chi connectivity index (χ3n) is 4.63. The van der Waals surface area contributed by atoms with Crippen molar-refractivity contribution in [2.75, 3.05) is 10.6 Å². The van der Waals surface area contributed by atoms with Gasteiger partial charge in [0.1, 0.15) is 11.6 Å². The van der Waals surface area contributed by atoms with Crippen molar-refractivity contribution in [1.82, 2.24) is 9.97 Å². The Morgan fingerprint density at radius 3 is 2.44 bits per heavy atom. The predicted molar refractivity (Wildman–Crippen MR) is 134 cm³/mol. The Morgan fingerprint density at radius 2 is 1.78 bits per heavy atom. The lowest BCUT2D eigenvalue weighted by Gasteiger charge is -2.14. The third kappa shape index (κ3) is 6.29. The molecule has 0 aliphatic carbocycles. The van der Waals surface area contributed by atoms with Gasteiger partial charge in [-0.2, -0.15) is 0 Å². The number of anilines is 2. The molecule has 0 fully saturated rings. The molecule has 10 heteroatoms. The fourth-order valence-corrected chi connectivity index (χ4v) is 3.21. The number of hydrogen-bond donors (Lipinski definition) is 3. The zero-order valence-corrected chi connectivity index (χ0v) is 19.8. The molecule has 4 aromatic rings. The lowest BCUT2D eigenvalue weighted by atomic mass is 10.0. The van der Waals surface area contributed by atoms with Crippen molar-refractivity contribution in [3.05, 3.63) is 76.6 Å². The van der Waals surface area contributed by atoms with Gasteiger partial charge in [-0.1, -0.05) is 26.3 Å². The maximum Gasteiger partial charge on any atom is 0.260 e. The summed E-state index contributed by atoms with van der Waals surface area (Å²) < 4.78 is 33.1. The van der Waals surface area contributed by atoms with E-state index in [1.54, 1.807) is 24.3 Å². The highest BCUT2D eigenvalue weighted by atomic mass is 19.1. The minimum absolute atomic E-state index is 0.0154. The molecule has 3 aromatic carbocycles. The number of nitrogens with one attached hydrogen (secondary N) is 3. The highest BCUT2D eigenvalue weighted by Crippen LogP contribution is 2.37. The van der Waals surface area contributed by atoms with Crippen molar-refractivity contribution in [2.24, 2.45) is 0 Å². The van der Waals surface area contributed by atoms with E-state index in [4.69, 9.17) is 4.74 Å². The Morgan fingerprint density at radius 1 is 1.06 bits per heavy atom. The maximum absolute atomic E-state index is 14.2. The van der Waals surface area contributed by atoms with E-state index in [2.05, 4.69) is 34.4 Å². The SMILES string of the molecule is CC(=O)Nc1nc2cc(-c3cc(NC=O)ccc3Oc3ccc(F)cc3F)ccc2c(=O)[nH]1.CCC. The van der Waals surface area contributed by atoms with Crippen LogP contribution in [0.1, 0.15) is 27.2 Å². The van der Waals surface area contributed by atoms with E-state index in [9.17, 15) is 23.2 Å². The number of aromatic amines is 1. The number of ether oxygens (including phenoxy) is 1. The highest BCUT2D eigenvalue weighted by molar-refractivity contribution is 5.90. The van der Waals surface area contributed by atoms with Gasteiger partial charge in [-0.25, -0.2) is 13.8 Å². The fourth-order valence-electron chi connectivity index (χ4n) is 3.21. The van der Waals surface area contributed by atoms with E-state index < -0.39 is 23.1 Å². The zero-order chi connectivity index (χ0) is 26.2. The molecule has 0 atom stereocenters. The number of carbonyl (C=O) groups excluding carboxylic acids is 2. The van der Waals surface area contributed by atoms with Crippen LogP contribution in [0.2, 0.25) is 0 Å². The molecule has 3 N–H and O–H groups in total. The normalized spacial score (nSPS) is 10.2. The number of carbonyl (C=O) groups is 2. The lowest BCUT2D eigenvalue weighted by molar-refractivity contribution is -0.114. The van der Waals surface area contributed by atoms with Crippen LogP contribution in [0.3, 0.4) is 0 Å². The van der Waals surface area contributed by atoms with Crippen LogP contribution in [0.5, 0.6) is 11.5 Å². The average molecular weight is 494 g/mol. The molecule has 0 radical (unpaired) electrons. The summed E-state index contributed by atoms with van der Waals surface area (Å²) >= 11 is 0. The van der Waals surface area contributed by atoms with Crippen molar-refractivity contribution in [3.8, 4) is 22.6 Å². The van der Waals surface area contributed by atoms with Gasteiger partial charge >= 0.3 is 0 Å². The second-order valence-corrected chi connectivity index (χ2v) is 7.68. The van der Waals surface area contributed by atoms with E-state index in [0.29, 0.717) is 29.3 Å². The van der Waals surface area contributed by atoms with Crippen LogP contribution in [0.25, 0.3) is 22.0 Å². The van der Waals surface area contributed by atoms with Gasteiger partial charge < -0.3 is 10.1 Å². The first-order valence-electron chi connectivity index (χ1n) is 11.0. The monoisotopic (exact) mass is 494 g/mol. The van der Waals surface area contributed by atoms with Gasteiger partial charge in [0.15, 0.2) is 11.6 Å². The molecule has 0 unspecified atom stereocenters. The molecule has 0 aliphatic heterocycles. The Bertz CT molecular complexity index is 1470. The number of aromatic nitrogens is 2. The van der Waals surface area contributed by atoms with E-state index in [-0.39, 0.29) is 28.4 Å². The van der Waals surface area contributed by atoms with Crippen LogP contribution in [-0.4, -0.2) is 22.3 Å². The third-order valence-corrected chi connectivity index (χ3v) is 4.63. The van der Waals surface area contributed by atoms with Crippen LogP contribution in [-0.2, 0) is 9.59 Å². The van der Waals surface area contributed by atoms with Gasteiger partial charge in [0, 0.05) is 24.2 Å². The minimum atomic E-state index is -0.886. The summed E-state index contributed by atoms with van der Waals surface area (Å²) in [5.41, 5.74) is 1.24. The highest BCUT2D eigenvalue weighted by Gasteiger charge is 2.14. The Labute approximate surface area is 205 Å². The molecule has 36 heavy (non-hydrogen) atoms. The molecule has 0 aliphatic rings. The van der Waals surface area contributed by atoms with Gasteiger partial charge in [0.2, 0.25) is 18.3 Å². The standard InChI is InChI=1S/C23H16F2N4O4.C3H8/c1-12(31)27-23-28-19-8-13(2-5-16(19)22(32)29-23)17-10-15(26-11-30)4-7-20(17)33-21-6-3-14(24)9-18(21)25;1-3-2/h2-11H,1H3,(H,26,30)(H2,27,28,29,31,32);3H2,1-2H3. The molecule has 0 saturated heterocycles. The molecule has 2 amide bonds. The van der Waals surface area contributed by atoms with E-state index >= 15 is 0 Å². The molecule has 186 valence electrons. The zero-order valence-electron chi connectivity index (χ0n) is 19.8. The Balaban J connectivity index is 0.00000115. The lowest BCUT2D eigenvalue weighted by Crippen LogP contribution is -2.16. The van der Waals surface area contributed by atoms with Crippen molar-refractivity contribution in [1.29, 1.82) is 0 Å². The molecule has 1 aromatic heterocycles. The molecule has 0 spiro atoms. The summed E-state index contributed by atoms with van der Waals surface area (Å²) in [7, 11) is 0. The quantitative estimate of drug-likeness (QED) is 0.302. The molecule has 1 heterocycles. The second-order valence-electron chi connectivity index (χ2n) is 7.68. The van der Waals surface area contributed by atoms with Gasteiger partial charge in [0.25, 0.3) is 5.56 Å². The number of benzene rings is 3. The topological polar surface area (TPSA) is 113 Å². The van der Waals surface area contributed by atoms with Crippen molar-refractivity contribution in [2.45, 2.75) is 27.2 Å². The summed E-state index contributed by atoms with van der Waals surface area (Å²) in [5, 5.41) is 5.23. The number of nitrogens with zero attached hydrogens (tertiary/aromatic N) is 1. The average Bonchev–Trinajstić information content (AvgIpc) is 2.81. The van der Waals surface area contributed by atoms with Crippen molar-refractivity contribution < 1.29 is 23.1 Å². The molecular formula is C26H24F2N4O4. The molecular weight excluding hydrogens is 470 g/mol. The number of hydrogen-bond acceptors (Lipinski definition) is 5. The molecule has 8 nitrogen and oxygen atoms in total. The van der Waals surface area contributed by atoms with Gasteiger partial charge in [0.05, 0.1) is 10.9 Å². The second kappa shape index (κ2) is 11.7. The van der Waals surface area contributed by atoms with E-state index in [1.807, 2.05) is 0 Å². The largest absolute Gasteiger partial charge is 0.454 e. The summed E-state index contributed by atoms with van der Waals surface area (Å²) in [4.78, 5) is 41.3. The first kappa shape index (κ1) is 26.0. The Hall–Kier alpha value is -4.60. The smallest absolute Gasteiger partial charge is 0.260 e. The van der Waals surface area contributed by atoms with Gasteiger partial charge in [-0.15, -0.1) is 0 Å². The van der Waals surface area contributed by atoms with E-state index in [1.165, 1.54) is 25.5 Å². The van der Waals surface area contributed by atoms with Gasteiger partial charge in [-0.05, 0) is 48.0 Å². The number of halogens is 2. The predicted octanol–water partition coefficient (Wildman–Crippen LogP) is 5.60. The summed E-state index contributed by atoms with van der Waals surface area (Å²) in [6, 6.07) is 12.3. The maximum atomic E-state index is 14.2. The van der Waals surface area contributed by atoms with Gasteiger partial charge in [-0.3, -0.25) is 24.7 Å². The molecule has 0 bridgehead atoms. The first-order valence-corrected chi connectivity index (χ1v) is 11.0. The van der Waals surface area contributed by atoms with Crippen molar-refractivity contribution in [3.63, 3.8) is 0 Å². The summed E-state index contributed by atoms with van der Waals surface area (Å²) in [6.45, 7) is 5.53.